The van der Waals surface area contributed by atoms with Gasteiger partial charge in [0.15, 0.2) is 0 Å². The summed E-state index contributed by atoms with van der Waals surface area (Å²) in [4.78, 5) is 12.7. The summed E-state index contributed by atoms with van der Waals surface area (Å²) >= 11 is 6.08. The Kier molecular flexibility index (Phi) is 7.77. The Bertz CT molecular complexity index is 1180. The van der Waals surface area contributed by atoms with E-state index in [9.17, 15) is 13.2 Å². The number of para-hydroxylation sites is 1. The van der Waals surface area contributed by atoms with Crippen LogP contribution in [0.1, 0.15) is 11.1 Å². The molecule has 0 saturated carbocycles. The smallest absolute Gasteiger partial charge is 0.264 e. The van der Waals surface area contributed by atoms with Crippen molar-refractivity contribution >= 4 is 33.2 Å². The van der Waals surface area contributed by atoms with E-state index in [2.05, 4.69) is 5.32 Å². The zero-order chi connectivity index (χ0) is 23.1. The van der Waals surface area contributed by atoms with Crippen molar-refractivity contribution in [1.29, 1.82) is 0 Å². The second kappa shape index (κ2) is 10.5. The third-order valence-corrected chi connectivity index (χ3v) is 6.79. The van der Waals surface area contributed by atoms with E-state index in [1.165, 1.54) is 18.2 Å². The predicted octanol–water partition coefficient (Wildman–Crippen LogP) is 4.35. The molecule has 0 heterocycles. The molecule has 3 aromatic carbocycles. The molecule has 0 atom stereocenters. The quantitative estimate of drug-likeness (QED) is 0.470. The molecule has 0 aromatic heterocycles. The molecule has 1 N–H and O–H groups in total. The first kappa shape index (κ1) is 23.6. The van der Waals surface area contributed by atoms with Crippen LogP contribution in [0.4, 0.5) is 5.69 Å². The van der Waals surface area contributed by atoms with Crippen molar-refractivity contribution in [2.45, 2.75) is 18.7 Å². The van der Waals surface area contributed by atoms with E-state index in [1.807, 2.05) is 38.1 Å². The molecule has 8 heteroatoms. The Morgan fingerprint density at radius 3 is 2.41 bits per heavy atom. The number of rotatable bonds is 9. The van der Waals surface area contributed by atoms with Crippen molar-refractivity contribution in [3.8, 4) is 5.75 Å². The summed E-state index contributed by atoms with van der Waals surface area (Å²) in [6, 6.07) is 20.5. The summed E-state index contributed by atoms with van der Waals surface area (Å²) in [7, 11) is -3.98. The van der Waals surface area contributed by atoms with Gasteiger partial charge in [-0.15, -0.1) is 0 Å². The van der Waals surface area contributed by atoms with Crippen molar-refractivity contribution in [1.82, 2.24) is 5.32 Å². The molecule has 6 nitrogen and oxygen atoms in total. The number of sulfonamides is 1. The average Bonchev–Trinajstić information content (AvgIpc) is 2.76. The number of hydrogen-bond acceptors (Lipinski definition) is 4. The molecule has 0 saturated heterocycles. The van der Waals surface area contributed by atoms with Crippen LogP contribution in [0.15, 0.2) is 77.7 Å². The van der Waals surface area contributed by atoms with Gasteiger partial charge in [0.25, 0.3) is 10.0 Å². The van der Waals surface area contributed by atoms with Crippen LogP contribution < -0.4 is 14.4 Å². The Morgan fingerprint density at radius 2 is 1.72 bits per heavy atom. The van der Waals surface area contributed by atoms with Crippen LogP contribution in [0.25, 0.3) is 0 Å². The fourth-order valence-electron chi connectivity index (χ4n) is 3.04. The topological polar surface area (TPSA) is 75.7 Å². The molecule has 3 rings (SSSR count). The minimum absolute atomic E-state index is 0.0961. The first-order valence-corrected chi connectivity index (χ1v) is 11.9. The van der Waals surface area contributed by atoms with Crippen LogP contribution in [-0.4, -0.2) is 34.0 Å². The van der Waals surface area contributed by atoms with Gasteiger partial charge in [-0.25, -0.2) is 8.42 Å². The second-order valence-corrected chi connectivity index (χ2v) is 9.57. The number of nitrogens with one attached hydrogen (secondary N) is 1. The molecule has 0 aliphatic heterocycles. The standard InChI is InChI=1S/C24H25ClN2O4S/c1-18-10-12-22(13-11-18)32(29,30)27(21-8-5-7-20(25)16-21)17-24(28)26-14-15-31-23-9-4-3-6-19(23)2/h3-13,16H,14-15,17H2,1-2H3,(H,26,28). The predicted molar refractivity (Wildman–Crippen MR) is 127 cm³/mol. The van der Waals surface area contributed by atoms with Crippen molar-refractivity contribution in [2.75, 3.05) is 24.0 Å². The van der Waals surface area contributed by atoms with Gasteiger partial charge in [-0.05, 0) is 55.8 Å². The maximum absolute atomic E-state index is 13.3. The van der Waals surface area contributed by atoms with Gasteiger partial charge in [0, 0.05) is 5.02 Å². The lowest BCUT2D eigenvalue weighted by Crippen LogP contribution is -2.42. The molecule has 3 aromatic rings. The molecule has 0 spiro atoms. The Balaban J connectivity index is 1.72. The minimum atomic E-state index is -3.98. The Hall–Kier alpha value is -3.03. The molecule has 0 aliphatic rings. The zero-order valence-electron chi connectivity index (χ0n) is 17.9. The van der Waals surface area contributed by atoms with E-state index < -0.39 is 15.9 Å². The van der Waals surface area contributed by atoms with E-state index in [0.717, 1.165) is 21.2 Å². The van der Waals surface area contributed by atoms with Crippen molar-refractivity contribution in [3.05, 3.63) is 88.9 Å². The molecule has 0 fully saturated rings. The maximum Gasteiger partial charge on any atom is 0.264 e. The fraction of sp³-hybridized carbons (Fsp3) is 0.208. The Labute approximate surface area is 193 Å². The third-order valence-electron chi connectivity index (χ3n) is 4.77. The van der Waals surface area contributed by atoms with Crippen LogP contribution in [-0.2, 0) is 14.8 Å². The first-order valence-electron chi connectivity index (χ1n) is 10.1. The number of carbonyl (C=O) groups is 1. The van der Waals surface area contributed by atoms with Gasteiger partial charge >= 0.3 is 0 Å². The van der Waals surface area contributed by atoms with E-state index in [1.54, 1.807) is 30.3 Å². The molecule has 168 valence electrons. The first-order chi connectivity index (χ1) is 15.3. The molecular formula is C24H25ClN2O4S. The fourth-order valence-corrected chi connectivity index (χ4v) is 4.64. The van der Waals surface area contributed by atoms with Gasteiger partial charge in [-0.3, -0.25) is 9.10 Å². The summed E-state index contributed by atoms with van der Waals surface area (Å²) in [5, 5.41) is 3.09. The lowest BCUT2D eigenvalue weighted by Gasteiger charge is -2.24. The van der Waals surface area contributed by atoms with E-state index >= 15 is 0 Å². The number of halogens is 1. The highest BCUT2D eigenvalue weighted by molar-refractivity contribution is 7.92. The summed E-state index contributed by atoms with van der Waals surface area (Å²) in [6.45, 7) is 3.92. The van der Waals surface area contributed by atoms with Crippen LogP contribution in [0, 0.1) is 13.8 Å². The molecule has 0 unspecified atom stereocenters. The molecule has 1 amide bonds. The number of anilines is 1. The Morgan fingerprint density at radius 1 is 1.00 bits per heavy atom. The third kappa shape index (κ3) is 6.02. The number of benzene rings is 3. The summed E-state index contributed by atoms with van der Waals surface area (Å²) in [5.41, 5.74) is 2.24. The van der Waals surface area contributed by atoms with Gasteiger partial charge in [0.05, 0.1) is 17.1 Å². The number of aryl methyl sites for hydroxylation is 2. The van der Waals surface area contributed by atoms with Gasteiger partial charge in [-0.2, -0.15) is 0 Å². The lowest BCUT2D eigenvalue weighted by atomic mass is 10.2. The van der Waals surface area contributed by atoms with Crippen LogP contribution in [0.2, 0.25) is 5.02 Å². The van der Waals surface area contributed by atoms with Crippen LogP contribution in [0.5, 0.6) is 5.75 Å². The molecule has 0 bridgehead atoms. The second-order valence-electron chi connectivity index (χ2n) is 7.27. The van der Waals surface area contributed by atoms with Crippen molar-refractivity contribution in [2.24, 2.45) is 0 Å². The number of carbonyl (C=O) groups excluding carboxylic acids is 1. The van der Waals surface area contributed by atoms with Gasteiger partial charge < -0.3 is 10.1 Å². The molecule has 0 aliphatic carbocycles. The highest BCUT2D eigenvalue weighted by Gasteiger charge is 2.27. The summed E-state index contributed by atoms with van der Waals surface area (Å²) < 4.78 is 33.4. The van der Waals surface area contributed by atoms with Crippen LogP contribution >= 0.6 is 11.6 Å². The summed E-state index contributed by atoms with van der Waals surface area (Å²) in [5.74, 6) is 0.290. The SMILES string of the molecule is Cc1ccc(S(=O)(=O)N(CC(=O)NCCOc2ccccc2C)c2cccc(Cl)c2)cc1. The van der Waals surface area contributed by atoms with E-state index in [-0.39, 0.29) is 24.6 Å². The van der Waals surface area contributed by atoms with Gasteiger partial charge in [0.2, 0.25) is 5.91 Å². The monoisotopic (exact) mass is 472 g/mol. The molecular weight excluding hydrogens is 448 g/mol. The van der Waals surface area contributed by atoms with E-state index in [0.29, 0.717) is 10.7 Å². The number of nitrogens with zero attached hydrogens (tertiary/aromatic N) is 1. The number of hydrogen-bond donors (Lipinski definition) is 1. The minimum Gasteiger partial charge on any atom is -0.491 e. The summed E-state index contributed by atoms with van der Waals surface area (Å²) in [6.07, 6.45) is 0. The largest absolute Gasteiger partial charge is 0.491 e. The highest BCUT2D eigenvalue weighted by Crippen LogP contribution is 2.26. The lowest BCUT2D eigenvalue weighted by molar-refractivity contribution is -0.119. The molecule has 0 radical (unpaired) electrons. The zero-order valence-corrected chi connectivity index (χ0v) is 19.5. The molecule has 32 heavy (non-hydrogen) atoms. The number of amides is 1. The highest BCUT2D eigenvalue weighted by atomic mass is 35.5. The van der Waals surface area contributed by atoms with Gasteiger partial charge in [-0.1, -0.05) is 53.6 Å². The normalized spacial score (nSPS) is 11.1. The van der Waals surface area contributed by atoms with E-state index in [4.69, 9.17) is 16.3 Å². The van der Waals surface area contributed by atoms with Crippen LogP contribution in [0.3, 0.4) is 0 Å². The van der Waals surface area contributed by atoms with Crippen molar-refractivity contribution in [3.63, 3.8) is 0 Å². The number of ether oxygens (including phenoxy) is 1. The maximum atomic E-state index is 13.3. The van der Waals surface area contributed by atoms with Crippen molar-refractivity contribution < 1.29 is 17.9 Å². The van der Waals surface area contributed by atoms with Gasteiger partial charge in [0.1, 0.15) is 18.9 Å². The average molecular weight is 473 g/mol.